The number of rotatable bonds is 14. The number of sulfonamides is 1. The molecule has 1 spiro atoms. The first-order chi connectivity index (χ1) is 32.0. The number of nitrogens with one attached hydrogen (secondary N) is 2. The Hall–Kier alpha value is -5.32. The highest BCUT2D eigenvalue weighted by Gasteiger charge is 2.41. The third kappa shape index (κ3) is 9.59. The number of carbonyl (C=O) groups is 1. The number of nitro groups is 1. The van der Waals surface area contributed by atoms with Crippen LogP contribution in [-0.2, 0) is 21.2 Å². The lowest BCUT2D eigenvalue weighted by Crippen LogP contribution is -2.51. The van der Waals surface area contributed by atoms with Crippen molar-refractivity contribution in [3.63, 3.8) is 0 Å². The van der Waals surface area contributed by atoms with Gasteiger partial charge in [0.2, 0.25) is 0 Å². The fraction of sp³-hybridized carbons (Fsp3) is 0.440. The number of piperazine rings is 1. The van der Waals surface area contributed by atoms with Gasteiger partial charge >= 0.3 is 0 Å². The first kappa shape index (κ1) is 44.5. The van der Waals surface area contributed by atoms with Crippen molar-refractivity contribution in [2.24, 2.45) is 11.3 Å². The number of pyridine rings is 1. The highest BCUT2D eigenvalue weighted by atomic mass is 35.5. The topological polar surface area (TPSA) is 163 Å². The van der Waals surface area contributed by atoms with Crippen molar-refractivity contribution in [3.05, 3.63) is 123 Å². The van der Waals surface area contributed by atoms with Gasteiger partial charge in [0.15, 0.2) is 0 Å². The van der Waals surface area contributed by atoms with Crippen molar-refractivity contribution in [2.75, 3.05) is 63.9 Å². The van der Waals surface area contributed by atoms with Gasteiger partial charge in [-0.1, -0.05) is 41.8 Å². The molecule has 2 aliphatic carbocycles. The van der Waals surface area contributed by atoms with Crippen LogP contribution in [0.4, 0.5) is 11.4 Å². The Morgan fingerprint density at radius 1 is 0.970 bits per heavy atom. The van der Waals surface area contributed by atoms with Gasteiger partial charge in [-0.05, 0) is 136 Å². The van der Waals surface area contributed by atoms with Gasteiger partial charge in [-0.2, -0.15) is 0 Å². The number of anilines is 1. The largest absolute Gasteiger partial charge is 0.455 e. The van der Waals surface area contributed by atoms with E-state index in [1.165, 1.54) is 54.5 Å². The molecular formula is C50H56ClN7O7S. The summed E-state index contributed by atoms with van der Waals surface area (Å²) in [6, 6.07) is 21.5. The number of benzene rings is 3. The molecule has 1 saturated carbocycles. The molecule has 4 fully saturated rings. The van der Waals surface area contributed by atoms with Crippen LogP contribution < -0.4 is 14.4 Å². The van der Waals surface area contributed by atoms with Crippen LogP contribution in [-0.4, -0.2) is 104 Å². The molecule has 3 aliphatic heterocycles. The standard InChI is InChI=1S/C50H56ClN7O7S/c51-39-7-4-35(5-8-39)45-29-50(16-1-17-50)18-12-38(45)31-55-22-24-57(25-23-55)40-9-11-44(47(27-40)65-42-26-37-13-19-52-48(37)53-30-42)49(59)54-66(62,63)43-10-6-36(46(28-43)58(60)61)3-2-34-14-20-56(21-15-34)41-32-64-33-41/h4-11,13,19,26-28,30,34,41H,1-3,12,14-18,20-25,29,31-33H2,(H,52,53)(H,54,59). The number of nitro benzene ring substituents is 1. The molecule has 5 heterocycles. The minimum atomic E-state index is -4.53. The van der Waals surface area contributed by atoms with E-state index in [1.54, 1.807) is 30.6 Å². The molecule has 5 aromatic rings. The zero-order valence-corrected chi connectivity index (χ0v) is 38.6. The third-order valence-corrected chi connectivity index (χ3v) is 16.5. The normalized spacial score (nSPS) is 19.7. The van der Waals surface area contributed by atoms with Crippen LogP contribution in [0.5, 0.6) is 11.5 Å². The molecule has 14 nitrogen and oxygen atoms in total. The molecule has 10 rings (SSSR count). The Morgan fingerprint density at radius 2 is 1.76 bits per heavy atom. The maximum Gasteiger partial charge on any atom is 0.273 e. The monoisotopic (exact) mass is 933 g/mol. The third-order valence-electron chi connectivity index (χ3n) is 14.9. The molecule has 2 aromatic heterocycles. The van der Waals surface area contributed by atoms with Gasteiger partial charge < -0.3 is 19.4 Å². The number of aromatic nitrogens is 2. The summed E-state index contributed by atoms with van der Waals surface area (Å²) < 4.78 is 41.5. The van der Waals surface area contributed by atoms with E-state index >= 15 is 0 Å². The van der Waals surface area contributed by atoms with E-state index in [1.807, 2.05) is 24.3 Å². The number of fused-ring (bicyclic) bond motifs is 1. The molecule has 0 radical (unpaired) electrons. The molecule has 66 heavy (non-hydrogen) atoms. The second-order valence-corrected chi connectivity index (χ2v) is 21.1. The fourth-order valence-corrected chi connectivity index (χ4v) is 11.7. The van der Waals surface area contributed by atoms with E-state index in [0.29, 0.717) is 40.8 Å². The van der Waals surface area contributed by atoms with E-state index in [4.69, 9.17) is 21.1 Å². The van der Waals surface area contributed by atoms with E-state index in [2.05, 4.69) is 41.5 Å². The first-order valence-corrected chi connectivity index (χ1v) is 25.2. The van der Waals surface area contributed by atoms with Gasteiger partial charge in [-0.15, -0.1) is 0 Å². The second-order valence-electron chi connectivity index (χ2n) is 18.9. The van der Waals surface area contributed by atoms with Crippen molar-refractivity contribution in [3.8, 4) is 11.5 Å². The number of halogens is 1. The lowest BCUT2D eigenvalue weighted by molar-refractivity contribution is -0.385. The van der Waals surface area contributed by atoms with Crippen LogP contribution in [0.25, 0.3) is 16.6 Å². The molecule has 2 N–H and O–H groups in total. The Labute approximate surface area is 390 Å². The van der Waals surface area contributed by atoms with Gasteiger partial charge in [-0.25, -0.2) is 18.1 Å². The van der Waals surface area contributed by atoms with Crippen LogP contribution in [0.3, 0.4) is 0 Å². The van der Waals surface area contributed by atoms with E-state index in [-0.39, 0.29) is 21.9 Å². The summed E-state index contributed by atoms with van der Waals surface area (Å²) in [5.41, 5.74) is 6.40. The molecule has 5 aliphatic rings. The summed E-state index contributed by atoms with van der Waals surface area (Å²) in [6.07, 6.45) is 14.0. The molecule has 0 atom stereocenters. The number of amides is 1. The zero-order chi connectivity index (χ0) is 45.4. The maximum atomic E-state index is 14.0. The molecule has 16 heteroatoms. The first-order valence-electron chi connectivity index (χ1n) is 23.3. The Balaban J connectivity index is 0.839. The number of nitrogens with zero attached hydrogens (tertiary/aromatic N) is 5. The number of likely N-dealkylation sites (tertiary alicyclic amines) is 1. The summed E-state index contributed by atoms with van der Waals surface area (Å²) in [5.74, 6) is 0.0183. The number of allylic oxidation sites excluding steroid dienone is 1. The Bertz CT molecular complexity index is 2750. The Morgan fingerprint density at radius 3 is 2.47 bits per heavy atom. The highest BCUT2D eigenvalue weighted by molar-refractivity contribution is 7.90. The summed E-state index contributed by atoms with van der Waals surface area (Å²) in [5, 5.41) is 13.8. The van der Waals surface area contributed by atoms with Gasteiger partial charge in [0.25, 0.3) is 21.6 Å². The minimum absolute atomic E-state index is 0.0136. The molecule has 3 aromatic carbocycles. The van der Waals surface area contributed by atoms with Gasteiger partial charge in [0, 0.05) is 72.7 Å². The summed E-state index contributed by atoms with van der Waals surface area (Å²) in [6.45, 7) is 7.61. The van der Waals surface area contributed by atoms with Crippen molar-refractivity contribution in [1.29, 1.82) is 0 Å². The second kappa shape index (κ2) is 18.8. The zero-order valence-electron chi connectivity index (χ0n) is 37.1. The minimum Gasteiger partial charge on any atom is -0.455 e. The van der Waals surface area contributed by atoms with Gasteiger partial charge in [-0.3, -0.25) is 24.7 Å². The average Bonchev–Trinajstić information content (AvgIpc) is 3.76. The summed E-state index contributed by atoms with van der Waals surface area (Å²) in [7, 11) is -4.53. The predicted octanol–water partition coefficient (Wildman–Crippen LogP) is 9.01. The van der Waals surface area contributed by atoms with Crippen LogP contribution >= 0.6 is 11.6 Å². The number of ether oxygens (including phenoxy) is 2. The van der Waals surface area contributed by atoms with E-state index in [0.717, 1.165) is 113 Å². The van der Waals surface area contributed by atoms with Gasteiger partial charge in [0.1, 0.15) is 17.1 Å². The molecule has 3 saturated heterocycles. The number of hydrogen-bond donors (Lipinski definition) is 2. The van der Waals surface area contributed by atoms with E-state index < -0.39 is 20.9 Å². The molecule has 0 unspecified atom stereocenters. The number of aryl methyl sites for hydroxylation is 1. The number of hydrogen-bond acceptors (Lipinski definition) is 11. The van der Waals surface area contributed by atoms with Crippen LogP contribution in [0.15, 0.2) is 95.7 Å². The van der Waals surface area contributed by atoms with Crippen LogP contribution in [0, 0.1) is 21.4 Å². The molecule has 346 valence electrons. The van der Waals surface area contributed by atoms with Crippen LogP contribution in [0.1, 0.15) is 79.3 Å². The fourth-order valence-electron chi connectivity index (χ4n) is 10.6. The van der Waals surface area contributed by atoms with Gasteiger partial charge in [0.05, 0.1) is 40.8 Å². The molecular weight excluding hydrogens is 878 g/mol. The number of carbonyl (C=O) groups excluding carboxylic acids is 1. The SMILES string of the molecule is O=C(NS(=O)(=O)c1ccc(CCC2CCN(C3COC3)CC2)c([N+](=O)[O-])c1)c1ccc(N2CCN(CC3=C(c4ccc(Cl)cc4)CC4(CCC4)CC3)CC2)cc1Oc1cnc2[nH]ccc2c1. The highest BCUT2D eigenvalue weighted by Crippen LogP contribution is 2.55. The lowest BCUT2D eigenvalue weighted by Gasteiger charge is -2.47. The lowest BCUT2D eigenvalue weighted by atomic mass is 9.59. The predicted molar refractivity (Wildman–Crippen MR) is 255 cm³/mol. The number of H-pyrrole nitrogens is 1. The quantitative estimate of drug-likeness (QED) is 0.0807. The number of aromatic amines is 1. The maximum absolute atomic E-state index is 14.0. The smallest absolute Gasteiger partial charge is 0.273 e. The van der Waals surface area contributed by atoms with Crippen molar-refractivity contribution in [2.45, 2.75) is 75.1 Å². The molecule has 0 bridgehead atoms. The molecule has 1 amide bonds. The van der Waals surface area contributed by atoms with Crippen molar-refractivity contribution >= 4 is 55.5 Å². The van der Waals surface area contributed by atoms with Crippen molar-refractivity contribution < 1.29 is 27.6 Å². The summed E-state index contributed by atoms with van der Waals surface area (Å²) >= 11 is 6.29. The van der Waals surface area contributed by atoms with Crippen molar-refractivity contribution in [1.82, 2.24) is 24.5 Å². The number of piperidine rings is 1. The van der Waals surface area contributed by atoms with Crippen LogP contribution in [0.2, 0.25) is 5.02 Å². The average molecular weight is 935 g/mol. The van der Waals surface area contributed by atoms with E-state index in [9.17, 15) is 23.3 Å². The summed E-state index contributed by atoms with van der Waals surface area (Å²) in [4.78, 5) is 40.1. The Kier molecular flexibility index (Phi) is 12.6.